The summed E-state index contributed by atoms with van der Waals surface area (Å²) in [6, 6.07) is 4.79. The molecule has 8 heteroatoms. The number of nitriles is 1. The van der Waals surface area contributed by atoms with E-state index >= 15 is 0 Å². The number of hydrogen-bond donors (Lipinski definition) is 1. The number of nitrogens with zero attached hydrogens (tertiary/aromatic N) is 3. The molecule has 0 aliphatic carbocycles. The lowest BCUT2D eigenvalue weighted by atomic mass is 10.2. The van der Waals surface area contributed by atoms with Crippen molar-refractivity contribution in [2.75, 3.05) is 18.8 Å². The highest BCUT2D eigenvalue weighted by atomic mass is 32.2. The van der Waals surface area contributed by atoms with Crippen LogP contribution in [-0.2, 0) is 4.79 Å². The first-order valence-corrected chi connectivity index (χ1v) is 6.72. The average Bonchev–Trinajstić information content (AvgIpc) is 2.79. The molecular weight excluding hydrogens is 280 g/mol. The van der Waals surface area contributed by atoms with Gasteiger partial charge in [-0.2, -0.15) is 5.26 Å². The highest BCUT2D eigenvalue weighted by Crippen LogP contribution is 2.17. The van der Waals surface area contributed by atoms with Crippen molar-refractivity contribution >= 4 is 28.8 Å². The average molecular weight is 290 g/mol. The summed E-state index contributed by atoms with van der Waals surface area (Å²) in [6.45, 7) is 0.330. The molecule has 1 aromatic rings. The van der Waals surface area contributed by atoms with Crippen molar-refractivity contribution in [2.24, 2.45) is 0 Å². The minimum absolute atomic E-state index is 0.153. The second-order valence-corrected chi connectivity index (χ2v) is 4.83. The van der Waals surface area contributed by atoms with E-state index in [0.29, 0.717) is 5.56 Å². The predicted molar refractivity (Wildman–Crippen MR) is 70.9 cm³/mol. The molecule has 2 rings (SSSR count). The second kappa shape index (κ2) is 6.16. The van der Waals surface area contributed by atoms with Gasteiger partial charge in [0.25, 0.3) is 11.1 Å². The Morgan fingerprint density at radius 2 is 2.30 bits per heavy atom. The highest BCUT2D eigenvalue weighted by Gasteiger charge is 2.29. The van der Waals surface area contributed by atoms with Gasteiger partial charge in [-0.25, -0.2) is 4.98 Å². The minimum Gasteiger partial charge on any atom is -0.350 e. The number of amides is 3. The standard InChI is InChI=1S/C12H10N4O3S/c13-5-9-2-1-8(6-15-9)11(18)14-3-4-16-10(17)7-20-12(16)19/h1-2,6H,3-4,7H2,(H,14,18). The molecular formula is C12H10N4O3S. The maximum Gasteiger partial charge on any atom is 0.288 e. The monoisotopic (exact) mass is 290 g/mol. The number of pyridine rings is 1. The summed E-state index contributed by atoms with van der Waals surface area (Å²) in [4.78, 5) is 39.3. The molecule has 1 N–H and O–H groups in total. The Balaban J connectivity index is 1.84. The smallest absolute Gasteiger partial charge is 0.288 e. The molecule has 0 atom stereocenters. The lowest BCUT2D eigenvalue weighted by Crippen LogP contribution is -2.37. The predicted octanol–water partition coefficient (Wildman–Crippen LogP) is 0.378. The number of carbonyl (C=O) groups excluding carboxylic acids is 3. The van der Waals surface area contributed by atoms with E-state index in [2.05, 4.69) is 10.3 Å². The summed E-state index contributed by atoms with van der Waals surface area (Å²) < 4.78 is 0. The van der Waals surface area contributed by atoms with Gasteiger partial charge < -0.3 is 5.32 Å². The molecule has 1 aliphatic rings. The quantitative estimate of drug-likeness (QED) is 0.859. The molecule has 20 heavy (non-hydrogen) atoms. The van der Waals surface area contributed by atoms with Gasteiger partial charge in [-0.3, -0.25) is 19.3 Å². The van der Waals surface area contributed by atoms with E-state index in [9.17, 15) is 14.4 Å². The van der Waals surface area contributed by atoms with Gasteiger partial charge in [-0.05, 0) is 12.1 Å². The first-order valence-electron chi connectivity index (χ1n) is 5.73. The maximum absolute atomic E-state index is 11.8. The van der Waals surface area contributed by atoms with Crippen molar-refractivity contribution in [3.8, 4) is 6.07 Å². The van der Waals surface area contributed by atoms with Crippen LogP contribution in [0.1, 0.15) is 16.1 Å². The summed E-state index contributed by atoms with van der Waals surface area (Å²) in [5, 5.41) is 10.9. The molecule has 0 unspecified atom stereocenters. The maximum atomic E-state index is 11.8. The molecule has 0 aromatic carbocycles. The molecule has 0 saturated carbocycles. The normalized spacial score (nSPS) is 14.2. The summed E-state index contributed by atoms with van der Waals surface area (Å²) in [7, 11) is 0. The van der Waals surface area contributed by atoms with Crippen LogP contribution in [0.25, 0.3) is 0 Å². The van der Waals surface area contributed by atoms with E-state index in [1.54, 1.807) is 0 Å². The molecule has 1 fully saturated rings. The first kappa shape index (κ1) is 14.0. The number of imide groups is 1. The summed E-state index contributed by atoms with van der Waals surface area (Å²) in [5.74, 6) is -0.449. The van der Waals surface area contributed by atoms with Gasteiger partial charge in [0.1, 0.15) is 11.8 Å². The van der Waals surface area contributed by atoms with E-state index in [0.717, 1.165) is 16.7 Å². The van der Waals surface area contributed by atoms with Crippen LogP contribution in [0.15, 0.2) is 18.3 Å². The van der Waals surface area contributed by atoms with Gasteiger partial charge >= 0.3 is 0 Å². The number of rotatable bonds is 4. The van der Waals surface area contributed by atoms with Crippen molar-refractivity contribution < 1.29 is 14.4 Å². The number of aromatic nitrogens is 1. The fourth-order valence-electron chi connectivity index (χ4n) is 1.57. The van der Waals surface area contributed by atoms with Crippen LogP contribution < -0.4 is 5.32 Å². The van der Waals surface area contributed by atoms with Crippen LogP contribution in [0.2, 0.25) is 0 Å². The zero-order valence-corrected chi connectivity index (χ0v) is 11.1. The van der Waals surface area contributed by atoms with Crippen molar-refractivity contribution in [3.63, 3.8) is 0 Å². The molecule has 0 bridgehead atoms. The molecule has 102 valence electrons. The molecule has 7 nitrogen and oxygen atoms in total. The molecule has 0 radical (unpaired) electrons. The van der Waals surface area contributed by atoms with Crippen LogP contribution in [0.4, 0.5) is 4.79 Å². The molecule has 0 spiro atoms. The molecule has 1 aliphatic heterocycles. The minimum atomic E-state index is -0.367. The Morgan fingerprint density at radius 1 is 1.50 bits per heavy atom. The Morgan fingerprint density at radius 3 is 2.85 bits per heavy atom. The van der Waals surface area contributed by atoms with Crippen LogP contribution in [0, 0.1) is 11.3 Å². The molecule has 1 aromatic heterocycles. The van der Waals surface area contributed by atoms with Gasteiger partial charge in [0, 0.05) is 19.3 Å². The van der Waals surface area contributed by atoms with Crippen LogP contribution in [0.5, 0.6) is 0 Å². The van der Waals surface area contributed by atoms with E-state index in [4.69, 9.17) is 5.26 Å². The SMILES string of the molecule is N#Cc1ccc(C(=O)NCCN2C(=O)CSC2=O)cn1. The molecule has 1 saturated heterocycles. The summed E-state index contributed by atoms with van der Waals surface area (Å²) in [6.07, 6.45) is 1.30. The van der Waals surface area contributed by atoms with Gasteiger partial charge in [-0.1, -0.05) is 11.8 Å². The van der Waals surface area contributed by atoms with E-state index in [1.165, 1.54) is 18.3 Å². The molecule has 3 amide bonds. The highest BCUT2D eigenvalue weighted by molar-refractivity contribution is 8.14. The van der Waals surface area contributed by atoms with Gasteiger partial charge in [0.15, 0.2) is 0 Å². The fourth-order valence-corrected chi connectivity index (χ4v) is 2.33. The first-order chi connectivity index (χ1) is 9.61. The number of hydrogen-bond acceptors (Lipinski definition) is 6. The Labute approximate surface area is 119 Å². The van der Waals surface area contributed by atoms with Crippen LogP contribution >= 0.6 is 11.8 Å². The molecule has 2 heterocycles. The third-order valence-electron chi connectivity index (χ3n) is 2.60. The van der Waals surface area contributed by atoms with E-state index in [-0.39, 0.29) is 41.6 Å². The van der Waals surface area contributed by atoms with E-state index < -0.39 is 0 Å². The fraction of sp³-hybridized carbons (Fsp3) is 0.250. The number of carbonyl (C=O) groups is 3. The van der Waals surface area contributed by atoms with E-state index in [1.807, 2.05) is 6.07 Å². The third kappa shape index (κ3) is 3.13. The Hall–Kier alpha value is -2.40. The van der Waals surface area contributed by atoms with Crippen LogP contribution in [-0.4, -0.2) is 45.8 Å². The second-order valence-electron chi connectivity index (χ2n) is 3.90. The lowest BCUT2D eigenvalue weighted by Gasteiger charge is -2.12. The summed E-state index contributed by atoms with van der Waals surface area (Å²) in [5.41, 5.74) is 0.546. The zero-order chi connectivity index (χ0) is 14.5. The van der Waals surface area contributed by atoms with Crippen LogP contribution in [0.3, 0.4) is 0 Å². The third-order valence-corrected chi connectivity index (χ3v) is 3.46. The van der Waals surface area contributed by atoms with Crippen molar-refractivity contribution in [3.05, 3.63) is 29.6 Å². The van der Waals surface area contributed by atoms with Crippen molar-refractivity contribution in [1.29, 1.82) is 5.26 Å². The van der Waals surface area contributed by atoms with Gasteiger partial charge in [0.05, 0.1) is 11.3 Å². The van der Waals surface area contributed by atoms with Gasteiger partial charge in [-0.15, -0.1) is 0 Å². The Bertz CT molecular complexity index is 578. The lowest BCUT2D eigenvalue weighted by molar-refractivity contribution is -0.124. The largest absolute Gasteiger partial charge is 0.350 e. The number of nitrogens with one attached hydrogen (secondary N) is 1. The topological polar surface area (TPSA) is 103 Å². The number of thioether (sulfide) groups is 1. The van der Waals surface area contributed by atoms with Crippen molar-refractivity contribution in [2.45, 2.75) is 0 Å². The van der Waals surface area contributed by atoms with Gasteiger partial charge in [0.2, 0.25) is 5.91 Å². The Kier molecular flexibility index (Phi) is 4.32. The zero-order valence-electron chi connectivity index (χ0n) is 10.3. The summed E-state index contributed by atoms with van der Waals surface area (Å²) >= 11 is 0.957. The van der Waals surface area contributed by atoms with Crippen molar-refractivity contribution in [1.82, 2.24) is 15.2 Å².